The number of benzene rings is 2. The van der Waals surface area contributed by atoms with Crippen molar-refractivity contribution in [3.05, 3.63) is 100 Å². The quantitative estimate of drug-likeness (QED) is 0.0273. The fourth-order valence-corrected chi connectivity index (χ4v) is 13.4. The Bertz CT molecular complexity index is 1690. The topological polar surface area (TPSA) is 25.3 Å². The van der Waals surface area contributed by atoms with E-state index >= 15 is 0 Å². The summed E-state index contributed by atoms with van der Waals surface area (Å²) < 4.78 is 1.53. The SMILES string of the molecule is CCCCCCc1cc(C2=CC=C(c3cc(CCCCCC)c(CCCC)c(CCCCCC)c3)[N+]2=[N-])cc(CCCCCC)c1CCCC.[CH2-]CCCCCCCCCCCCCCCCCC.[CH2-]CCCCCCCCCCCCCCCCCC.[Pd+2]. The smallest absolute Gasteiger partial charge is 0.493 e. The van der Waals surface area contributed by atoms with Crippen molar-refractivity contribution in [2.24, 2.45) is 0 Å². The van der Waals surface area contributed by atoms with Crippen LogP contribution in [0.1, 0.15) is 447 Å². The first kappa shape index (κ1) is 87.2. The molecule has 2 aromatic rings. The first-order valence-corrected chi connectivity index (χ1v) is 40.1. The minimum atomic E-state index is 0. The van der Waals surface area contributed by atoms with Crippen LogP contribution in [-0.2, 0) is 58.9 Å². The fourth-order valence-electron chi connectivity index (χ4n) is 13.4. The number of allylic oxidation sites excluding steroid dienone is 2. The molecule has 0 radical (unpaired) electrons. The molecule has 2 nitrogen and oxygen atoms in total. The summed E-state index contributed by atoms with van der Waals surface area (Å²) in [4.78, 5) is 0. The Morgan fingerprint density at radius 2 is 0.427 bits per heavy atom. The molecule has 518 valence electrons. The zero-order valence-corrected chi connectivity index (χ0v) is 63.1. The van der Waals surface area contributed by atoms with Crippen LogP contribution in [0.25, 0.3) is 16.9 Å². The molecule has 1 aliphatic rings. The van der Waals surface area contributed by atoms with Crippen LogP contribution in [0.5, 0.6) is 0 Å². The monoisotopic (exact) mass is 1320 g/mol. The van der Waals surface area contributed by atoms with Gasteiger partial charge in [0.15, 0.2) is 0 Å². The van der Waals surface area contributed by atoms with Gasteiger partial charge in [0.25, 0.3) is 0 Å². The molecule has 0 fully saturated rings. The molecular weight excluding hydrogens is 1170 g/mol. The molecule has 3 rings (SSSR count). The molecule has 0 aromatic heterocycles. The van der Waals surface area contributed by atoms with Crippen molar-refractivity contribution in [3.63, 3.8) is 0 Å². The molecule has 0 atom stereocenters. The summed E-state index contributed by atoms with van der Waals surface area (Å²) in [7, 11) is 0. The third-order valence-corrected chi connectivity index (χ3v) is 19.3. The second-order valence-electron chi connectivity index (χ2n) is 27.7. The number of aryl methyl sites for hydroxylation is 4. The average molecular weight is 1320 g/mol. The number of nitrogens with zero attached hydrogens (tertiary/aromatic N) is 2. The standard InChI is InChI=1S/C48H76N2.2C19H39.Pd/c1-7-13-19-23-27-39-35-43(36-40(28-24-20-14-8-2)45(39)31-17-11-5)47-33-34-48(50(47)49)44-37-41(29-25-21-15-9-3)46(32-18-12-6)42(38-44)30-26-22-16-10-4;2*1-3-5-7-9-11-13-15-17-19-18-16-14-12-10-8-6-4-2;/h33-38H,7-32H2,1-6H3;2*1,3-19H2,2H3;/q;2*-1;+2. The zero-order valence-electron chi connectivity index (χ0n) is 61.5. The van der Waals surface area contributed by atoms with Gasteiger partial charge < -0.3 is 19.4 Å². The van der Waals surface area contributed by atoms with E-state index < -0.39 is 0 Å². The van der Waals surface area contributed by atoms with E-state index in [2.05, 4.69) is 106 Å². The third kappa shape index (κ3) is 46.0. The molecule has 0 spiro atoms. The van der Waals surface area contributed by atoms with Gasteiger partial charge in [-0.1, -0.05) is 351 Å². The number of hydrogen-bond acceptors (Lipinski definition) is 0. The second-order valence-corrected chi connectivity index (χ2v) is 27.7. The van der Waals surface area contributed by atoms with Crippen LogP contribution < -0.4 is 0 Å². The van der Waals surface area contributed by atoms with Crippen LogP contribution in [0.4, 0.5) is 0 Å². The van der Waals surface area contributed by atoms with Gasteiger partial charge >= 0.3 is 20.4 Å². The Labute approximate surface area is 573 Å². The number of rotatable bonds is 60. The van der Waals surface area contributed by atoms with E-state index in [9.17, 15) is 5.53 Å². The van der Waals surface area contributed by atoms with Crippen LogP contribution in [0, 0.1) is 13.8 Å². The summed E-state index contributed by atoms with van der Waals surface area (Å²) in [5.74, 6) is 0. The summed E-state index contributed by atoms with van der Waals surface area (Å²) in [6.07, 6.45) is 85.5. The summed E-state index contributed by atoms with van der Waals surface area (Å²) in [5, 5.41) is 0. The van der Waals surface area contributed by atoms with Gasteiger partial charge in [-0.2, -0.15) is 12.8 Å². The maximum atomic E-state index is 12.0. The van der Waals surface area contributed by atoms with E-state index in [1.807, 2.05) is 0 Å². The van der Waals surface area contributed by atoms with Gasteiger partial charge in [0.05, 0.1) is 0 Å². The molecule has 0 unspecified atom stereocenters. The van der Waals surface area contributed by atoms with E-state index in [0.29, 0.717) is 0 Å². The maximum absolute atomic E-state index is 12.0. The van der Waals surface area contributed by atoms with E-state index in [1.165, 1.54) is 385 Å². The molecule has 0 N–H and O–H groups in total. The van der Waals surface area contributed by atoms with E-state index in [0.717, 1.165) is 49.9 Å². The van der Waals surface area contributed by atoms with Gasteiger partial charge in [-0.05, 0) is 135 Å². The molecule has 2 aromatic carbocycles. The molecule has 0 amide bonds. The van der Waals surface area contributed by atoms with Gasteiger partial charge in [0.1, 0.15) is 0 Å². The molecule has 0 aliphatic carbocycles. The third-order valence-electron chi connectivity index (χ3n) is 19.3. The van der Waals surface area contributed by atoms with Crippen molar-refractivity contribution in [1.82, 2.24) is 0 Å². The Balaban J connectivity index is 0.00000163. The summed E-state index contributed by atoms with van der Waals surface area (Å²) >= 11 is 0. The van der Waals surface area contributed by atoms with Crippen LogP contribution >= 0.6 is 0 Å². The van der Waals surface area contributed by atoms with Crippen molar-refractivity contribution < 1.29 is 25.1 Å². The Morgan fingerprint density at radius 1 is 0.247 bits per heavy atom. The summed E-state index contributed by atoms with van der Waals surface area (Å²) in [6.45, 7) is 26.2. The Hall–Kier alpha value is -1.82. The number of hydrogen-bond donors (Lipinski definition) is 0. The zero-order chi connectivity index (χ0) is 64.0. The maximum Gasteiger partial charge on any atom is 2.00 e. The first-order chi connectivity index (χ1) is 43.3. The van der Waals surface area contributed by atoms with Crippen LogP contribution in [-0.4, -0.2) is 4.70 Å². The molecule has 0 saturated carbocycles. The van der Waals surface area contributed by atoms with E-state index in [4.69, 9.17) is 0 Å². The van der Waals surface area contributed by atoms with E-state index in [-0.39, 0.29) is 20.4 Å². The van der Waals surface area contributed by atoms with Gasteiger partial charge in [-0.25, -0.2) is 4.70 Å². The minimum absolute atomic E-state index is 0. The largest absolute Gasteiger partial charge is 2.00 e. The van der Waals surface area contributed by atoms with E-state index in [1.54, 1.807) is 11.1 Å². The Kier molecular flexibility index (Phi) is 64.9. The van der Waals surface area contributed by atoms with Crippen molar-refractivity contribution in [1.29, 1.82) is 0 Å². The molecule has 0 saturated heterocycles. The Morgan fingerprint density at radius 3 is 0.618 bits per heavy atom. The fraction of sp³-hybridized carbons (Fsp3) is 0.791. The van der Waals surface area contributed by atoms with Crippen LogP contribution in [0.3, 0.4) is 0 Å². The molecule has 1 aliphatic heterocycles. The van der Waals surface area contributed by atoms with Crippen molar-refractivity contribution in [3.8, 4) is 0 Å². The van der Waals surface area contributed by atoms with Gasteiger partial charge in [0, 0.05) is 23.3 Å². The predicted molar refractivity (Wildman–Crippen MR) is 400 cm³/mol. The van der Waals surface area contributed by atoms with Crippen molar-refractivity contribution >= 4 is 11.4 Å². The molecule has 1 heterocycles. The predicted octanol–water partition coefficient (Wildman–Crippen LogP) is 30.2. The first-order valence-electron chi connectivity index (χ1n) is 40.1. The van der Waals surface area contributed by atoms with Gasteiger partial charge in [-0.3, -0.25) is 0 Å². The molecule has 0 bridgehead atoms. The van der Waals surface area contributed by atoms with Crippen molar-refractivity contribution in [2.45, 2.75) is 441 Å². The summed E-state index contributed by atoms with van der Waals surface area (Å²) in [6, 6.07) is 9.80. The van der Waals surface area contributed by atoms with Crippen molar-refractivity contribution in [2.75, 3.05) is 0 Å². The van der Waals surface area contributed by atoms with Crippen LogP contribution in [0.2, 0.25) is 0 Å². The minimum Gasteiger partial charge on any atom is -0.493 e. The van der Waals surface area contributed by atoms with Gasteiger partial charge in [-0.15, -0.1) is 0 Å². The average Bonchev–Trinajstić information content (AvgIpc) is 2.32. The second kappa shape index (κ2) is 66.2. The summed E-state index contributed by atoms with van der Waals surface area (Å²) in [5.41, 5.74) is 25.6. The molecular formula is C86H154N2Pd. The molecule has 89 heavy (non-hydrogen) atoms. The normalized spacial score (nSPS) is 12.0. The molecule has 3 heteroatoms. The van der Waals surface area contributed by atoms with Gasteiger partial charge in [0.2, 0.25) is 11.4 Å². The van der Waals surface area contributed by atoms with Crippen LogP contribution in [0.15, 0.2) is 36.4 Å². The number of unbranched alkanes of at least 4 members (excludes halogenated alkanes) is 46.